The summed E-state index contributed by atoms with van der Waals surface area (Å²) in [5.74, 6) is -2.69. The molecule has 2 amide bonds. The quantitative estimate of drug-likeness (QED) is 0.804. The molecule has 0 radical (unpaired) electrons. The van der Waals surface area contributed by atoms with E-state index < -0.39 is 17.6 Å². The standard InChI is InChI=1S/C19H19F2N3O2/c20-14-3-6-17(16(21)10-14)24-11-13(9-18(24)25)19(26)23-8-7-12-1-4-15(22)5-2-12/h1-6,10,13H,7-9,11,22H2,(H,23,26). The molecule has 136 valence electrons. The van der Waals surface area contributed by atoms with Crippen LogP contribution in [0.4, 0.5) is 20.2 Å². The van der Waals surface area contributed by atoms with E-state index in [0.29, 0.717) is 18.7 Å². The van der Waals surface area contributed by atoms with Crippen molar-refractivity contribution in [1.82, 2.24) is 5.32 Å². The van der Waals surface area contributed by atoms with Gasteiger partial charge in [-0.3, -0.25) is 9.59 Å². The summed E-state index contributed by atoms with van der Waals surface area (Å²) >= 11 is 0. The fourth-order valence-electron chi connectivity index (χ4n) is 2.97. The lowest BCUT2D eigenvalue weighted by molar-refractivity contribution is -0.126. The first-order chi connectivity index (χ1) is 12.4. The van der Waals surface area contributed by atoms with Crippen LogP contribution in [-0.2, 0) is 16.0 Å². The predicted octanol–water partition coefficient (Wildman–Crippen LogP) is 2.26. The highest BCUT2D eigenvalue weighted by Crippen LogP contribution is 2.28. The lowest BCUT2D eigenvalue weighted by Gasteiger charge is -2.17. The number of carbonyl (C=O) groups excluding carboxylic acids is 2. The molecule has 1 unspecified atom stereocenters. The number of benzene rings is 2. The maximum absolute atomic E-state index is 13.9. The van der Waals surface area contributed by atoms with Gasteiger partial charge in [-0.2, -0.15) is 0 Å². The Morgan fingerprint density at radius 2 is 1.92 bits per heavy atom. The van der Waals surface area contributed by atoms with E-state index in [9.17, 15) is 18.4 Å². The van der Waals surface area contributed by atoms with Gasteiger partial charge in [-0.05, 0) is 36.2 Å². The number of hydrogen-bond acceptors (Lipinski definition) is 3. The fraction of sp³-hybridized carbons (Fsp3) is 0.263. The van der Waals surface area contributed by atoms with Gasteiger partial charge in [0.1, 0.15) is 11.6 Å². The van der Waals surface area contributed by atoms with Gasteiger partial charge in [-0.25, -0.2) is 8.78 Å². The number of carbonyl (C=O) groups is 2. The number of nitrogens with zero attached hydrogens (tertiary/aromatic N) is 1. The van der Waals surface area contributed by atoms with Crippen molar-refractivity contribution < 1.29 is 18.4 Å². The van der Waals surface area contributed by atoms with E-state index in [1.807, 2.05) is 12.1 Å². The van der Waals surface area contributed by atoms with Gasteiger partial charge in [0.05, 0.1) is 11.6 Å². The number of nitrogen functional groups attached to an aromatic ring is 1. The zero-order chi connectivity index (χ0) is 18.7. The van der Waals surface area contributed by atoms with E-state index >= 15 is 0 Å². The van der Waals surface area contributed by atoms with Gasteiger partial charge in [-0.15, -0.1) is 0 Å². The number of halogens is 2. The van der Waals surface area contributed by atoms with Crippen molar-refractivity contribution in [2.75, 3.05) is 23.7 Å². The molecular formula is C19H19F2N3O2. The van der Waals surface area contributed by atoms with Crippen LogP contribution in [0.5, 0.6) is 0 Å². The van der Waals surface area contributed by atoms with Crippen LogP contribution in [0.15, 0.2) is 42.5 Å². The molecule has 1 saturated heterocycles. The van der Waals surface area contributed by atoms with E-state index in [0.717, 1.165) is 17.7 Å². The molecule has 0 spiro atoms. The van der Waals surface area contributed by atoms with Crippen molar-refractivity contribution in [2.24, 2.45) is 5.92 Å². The van der Waals surface area contributed by atoms with Gasteiger partial charge >= 0.3 is 0 Å². The normalized spacial score (nSPS) is 16.8. The molecule has 1 aliphatic heterocycles. The highest BCUT2D eigenvalue weighted by molar-refractivity contribution is 6.00. The highest BCUT2D eigenvalue weighted by Gasteiger charge is 2.36. The summed E-state index contributed by atoms with van der Waals surface area (Å²) in [4.78, 5) is 25.6. The van der Waals surface area contributed by atoms with E-state index in [2.05, 4.69) is 5.32 Å². The van der Waals surface area contributed by atoms with Gasteiger partial charge in [0, 0.05) is 31.3 Å². The van der Waals surface area contributed by atoms with Gasteiger partial charge in [0.15, 0.2) is 0 Å². The minimum Gasteiger partial charge on any atom is -0.399 e. The molecule has 26 heavy (non-hydrogen) atoms. The number of anilines is 2. The van der Waals surface area contributed by atoms with Crippen molar-refractivity contribution in [3.63, 3.8) is 0 Å². The molecule has 0 aromatic heterocycles. The van der Waals surface area contributed by atoms with Crippen LogP contribution in [-0.4, -0.2) is 24.9 Å². The molecular weight excluding hydrogens is 340 g/mol. The Balaban J connectivity index is 1.56. The van der Waals surface area contributed by atoms with E-state index in [1.165, 1.54) is 11.0 Å². The summed E-state index contributed by atoms with van der Waals surface area (Å²) in [7, 11) is 0. The van der Waals surface area contributed by atoms with Gasteiger partial charge in [-0.1, -0.05) is 12.1 Å². The summed E-state index contributed by atoms with van der Waals surface area (Å²) in [6.07, 6.45) is 0.646. The Morgan fingerprint density at radius 3 is 2.62 bits per heavy atom. The predicted molar refractivity (Wildman–Crippen MR) is 94.4 cm³/mol. The second kappa shape index (κ2) is 7.51. The molecule has 0 aliphatic carbocycles. The first kappa shape index (κ1) is 17.8. The highest BCUT2D eigenvalue weighted by atomic mass is 19.1. The molecule has 2 aromatic rings. The number of nitrogens with one attached hydrogen (secondary N) is 1. The third kappa shape index (κ3) is 3.99. The molecule has 1 fully saturated rings. The first-order valence-corrected chi connectivity index (χ1v) is 8.31. The van der Waals surface area contributed by atoms with Gasteiger partial charge < -0.3 is 16.0 Å². The summed E-state index contributed by atoms with van der Waals surface area (Å²) in [5.41, 5.74) is 7.33. The van der Waals surface area contributed by atoms with E-state index in [-0.39, 0.29) is 30.5 Å². The first-order valence-electron chi connectivity index (χ1n) is 8.31. The van der Waals surface area contributed by atoms with Crippen LogP contribution in [0.1, 0.15) is 12.0 Å². The van der Waals surface area contributed by atoms with Crippen molar-refractivity contribution in [3.8, 4) is 0 Å². The van der Waals surface area contributed by atoms with E-state index in [4.69, 9.17) is 5.73 Å². The zero-order valence-corrected chi connectivity index (χ0v) is 14.0. The molecule has 1 aliphatic rings. The molecule has 0 bridgehead atoms. The number of nitrogens with two attached hydrogens (primary N) is 1. The number of hydrogen-bond donors (Lipinski definition) is 2. The summed E-state index contributed by atoms with van der Waals surface area (Å²) in [5, 5.41) is 2.80. The zero-order valence-electron chi connectivity index (χ0n) is 14.0. The van der Waals surface area contributed by atoms with Gasteiger partial charge in [0.2, 0.25) is 11.8 Å². The molecule has 1 atom stereocenters. The molecule has 3 N–H and O–H groups in total. The van der Waals surface area contributed by atoms with Crippen LogP contribution in [0.25, 0.3) is 0 Å². The maximum atomic E-state index is 13.9. The largest absolute Gasteiger partial charge is 0.399 e. The SMILES string of the molecule is Nc1ccc(CCNC(=O)C2CC(=O)N(c3ccc(F)cc3F)C2)cc1. The Labute approximate surface area is 149 Å². The van der Waals surface area contributed by atoms with Crippen molar-refractivity contribution in [1.29, 1.82) is 0 Å². The van der Waals surface area contributed by atoms with Crippen LogP contribution in [0.2, 0.25) is 0 Å². The maximum Gasteiger partial charge on any atom is 0.227 e. The summed E-state index contributed by atoms with van der Waals surface area (Å²) in [6, 6.07) is 10.4. The molecule has 0 saturated carbocycles. The lowest BCUT2D eigenvalue weighted by Crippen LogP contribution is -2.34. The second-order valence-corrected chi connectivity index (χ2v) is 6.28. The molecule has 3 rings (SSSR count). The molecule has 1 heterocycles. The monoisotopic (exact) mass is 359 g/mol. The minimum absolute atomic E-state index is 0.00448. The molecule has 2 aromatic carbocycles. The van der Waals surface area contributed by atoms with Crippen molar-refractivity contribution >= 4 is 23.2 Å². The molecule has 5 nitrogen and oxygen atoms in total. The summed E-state index contributed by atoms with van der Waals surface area (Å²) in [6.45, 7) is 0.507. The lowest BCUT2D eigenvalue weighted by atomic mass is 10.1. The smallest absolute Gasteiger partial charge is 0.227 e. The van der Waals surface area contributed by atoms with Crippen LogP contribution in [0.3, 0.4) is 0 Å². The molecule has 7 heteroatoms. The Kier molecular flexibility index (Phi) is 5.16. The van der Waals surface area contributed by atoms with Crippen LogP contribution >= 0.6 is 0 Å². The number of rotatable bonds is 5. The van der Waals surface area contributed by atoms with Gasteiger partial charge in [0.25, 0.3) is 0 Å². The van der Waals surface area contributed by atoms with E-state index in [1.54, 1.807) is 12.1 Å². The van der Waals surface area contributed by atoms with Crippen molar-refractivity contribution in [2.45, 2.75) is 12.8 Å². The third-order valence-corrected chi connectivity index (χ3v) is 4.39. The average Bonchev–Trinajstić information content (AvgIpc) is 2.98. The Hall–Kier alpha value is -2.96. The summed E-state index contributed by atoms with van der Waals surface area (Å²) < 4.78 is 26.9. The second-order valence-electron chi connectivity index (χ2n) is 6.28. The third-order valence-electron chi connectivity index (χ3n) is 4.39. The Morgan fingerprint density at radius 1 is 1.19 bits per heavy atom. The van der Waals surface area contributed by atoms with Crippen LogP contribution in [0, 0.1) is 17.6 Å². The topological polar surface area (TPSA) is 75.4 Å². The van der Waals surface area contributed by atoms with Crippen molar-refractivity contribution in [3.05, 3.63) is 59.7 Å². The van der Waals surface area contributed by atoms with Crippen LogP contribution < -0.4 is 16.0 Å². The average molecular weight is 359 g/mol. The fourth-order valence-corrected chi connectivity index (χ4v) is 2.97. The minimum atomic E-state index is -0.817. The Bertz CT molecular complexity index is 824. The number of amides is 2.